The number of ether oxygens (including phenoxy) is 1. The predicted molar refractivity (Wildman–Crippen MR) is 86.2 cm³/mol. The molecule has 23 heavy (non-hydrogen) atoms. The van der Waals surface area contributed by atoms with Crippen LogP contribution in [0.1, 0.15) is 6.92 Å². The Labute approximate surface area is 130 Å². The first-order valence-electron chi connectivity index (χ1n) is 7.01. The van der Waals surface area contributed by atoms with Crippen molar-refractivity contribution in [3.05, 3.63) is 57.6 Å². The molecule has 0 bridgehead atoms. The van der Waals surface area contributed by atoms with Crippen molar-refractivity contribution >= 4 is 16.7 Å². The lowest BCUT2D eigenvalue weighted by Gasteiger charge is -2.10. The van der Waals surface area contributed by atoms with Gasteiger partial charge in [-0.1, -0.05) is 12.1 Å². The summed E-state index contributed by atoms with van der Waals surface area (Å²) in [4.78, 5) is 23.2. The second-order valence-corrected chi connectivity index (χ2v) is 4.81. The van der Waals surface area contributed by atoms with E-state index < -0.39 is 0 Å². The van der Waals surface area contributed by atoms with E-state index >= 15 is 0 Å². The van der Waals surface area contributed by atoms with Gasteiger partial charge in [-0.25, -0.2) is 0 Å². The summed E-state index contributed by atoms with van der Waals surface area (Å²) >= 11 is 0. The van der Waals surface area contributed by atoms with Crippen LogP contribution in [0.25, 0.3) is 22.3 Å². The average Bonchev–Trinajstić information content (AvgIpc) is 2.57. The van der Waals surface area contributed by atoms with Gasteiger partial charge in [0.15, 0.2) is 5.76 Å². The molecule has 0 radical (unpaired) electrons. The number of hydrogen-bond donors (Lipinski definition) is 1. The van der Waals surface area contributed by atoms with Crippen molar-refractivity contribution in [1.29, 1.82) is 0 Å². The van der Waals surface area contributed by atoms with Crippen LogP contribution in [0.3, 0.4) is 0 Å². The van der Waals surface area contributed by atoms with Crippen LogP contribution in [0, 0.1) is 4.91 Å². The summed E-state index contributed by atoms with van der Waals surface area (Å²) in [6, 6.07) is 11.0. The molecule has 0 spiro atoms. The number of phenols is 1. The molecular formula is C17H13NO5. The quantitative estimate of drug-likeness (QED) is 0.736. The molecule has 1 heterocycles. The molecule has 0 unspecified atom stereocenters. The number of para-hydroxylation sites is 1. The maximum Gasteiger partial charge on any atom is 0.235 e. The number of nitrogens with zero attached hydrogens (tertiary/aromatic N) is 1. The summed E-state index contributed by atoms with van der Waals surface area (Å²) < 4.78 is 11.2. The van der Waals surface area contributed by atoms with E-state index in [1.807, 2.05) is 0 Å². The van der Waals surface area contributed by atoms with Crippen LogP contribution in [0.4, 0.5) is 5.69 Å². The Bertz CT molecular complexity index is 945. The van der Waals surface area contributed by atoms with Crippen molar-refractivity contribution in [1.82, 2.24) is 0 Å². The van der Waals surface area contributed by atoms with Crippen molar-refractivity contribution in [3.63, 3.8) is 0 Å². The van der Waals surface area contributed by atoms with Crippen molar-refractivity contribution in [2.75, 3.05) is 6.61 Å². The Balaban J connectivity index is 2.31. The van der Waals surface area contributed by atoms with Crippen LogP contribution in [0.2, 0.25) is 0 Å². The number of fused-ring (bicyclic) bond motifs is 1. The molecule has 3 rings (SSSR count). The minimum atomic E-state index is -0.296. The van der Waals surface area contributed by atoms with Gasteiger partial charge in [0, 0.05) is 5.56 Å². The molecule has 3 aromatic rings. The molecule has 0 atom stereocenters. The van der Waals surface area contributed by atoms with Gasteiger partial charge in [-0.3, -0.25) is 4.79 Å². The van der Waals surface area contributed by atoms with Crippen molar-refractivity contribution in [2.24, 2.45) is 5.18 Å². The van der Waals surface area contributed by atoms with Crippen molar-refractivity contribution in [2.45, 2.75) is 6.92 Å². The highest BCUT2D eigenvalue weighted by Gasteiger charge is 2.18. The number of hydrogen-bond acceptors (Lipinski definition) is 6. The number of phenolic OH excluding ortho intramolecular Hbond substituents is 1. The van der Waals surface area contributed by atoms with Crippen molar-refractivity contribution < 1.29 is 14.3 Å². The fraction of sp³-hybridized carbons (Fsp3) is 0.118. The third kappa shape index (κ3) is 2.55. The summed E-state index contributed by atoms with van der Waals surface area (Å²) in [7, 11) is 0. The molecule has 0 aliphatic rings. The molecular weight excluding hydrogens is 298 g/mol. The van der Waals surface area contributed by atoms with Gasteiger partial charge in [0.25, 0.3) is 0 Å². The van der Waals surface area contributed by atoms with Crippen LogP contribution < -0.4 is 10.2 Å². The van der Waals surface area contributed by atoms with Gasteiger partial charge in [-0.15, -0.1) is 4.91 Å². The minimum absolute atomic E-state index is 0.0670. The highest BCUT2D eigenvalue weighted by molar-refractivity contribution is 5.82. The largest absolute Gasteiger partial charge is 0.506 e. The monoisotopic (exact) mass is 311 g/mol. The molecule has 0 aliphatic carbocycles. The lowest BCUT2D eigenvalue weighted by atomic mass is 10.1. The summed E-state index contributed by atoms with van der Waals surface area (Å²) in [5, 5.41) is 12.9. The van der Waals surface area contributed by atoms with Gasteiger partial charge in [0.1, 0.15) is 17.0 Å². The summed E-state index contributed by atoms with van der Waals surface area (Å²) in [5.74, 6) is -0.0310. The zero-order valence-electron chi connectivity index (χ0n) is 12.3. The lowest BCUT2D eigenvalue weighted by molar-refractivity contribution is 0.330. The zero-order chi connectivity index (χ0) is 16.4. The van der Waals surface area contributed by atoms with Gasteiger partial charge in [-0.05, 0) is 42.4 Å². The van der Waals surface area contributed by atoms with E-state index in [-0.39, 0.29) is 35.0 Å². The smallest absolute Gasteiger partial charge is 0.235 e. The first-order valence-corrected chi connectivity index (χ1v) is 7.01. The van der Waals surface area contributed by atoms with Gasteiger partial charge in [-0.2, -0.15) is 0 Å². The molecule has 0 saturated carbocycles. The Morgan fingerprint density at radius 3 is 2.70 bits per heavy atom. The van der Waals surface area contributed by atoms with E-state index in [1.54, 1.807) is 31.2 Å². The molecule has 0 aliphatic heterocycles. The summed E-state index contributed by atoms with van der Waals surface area (Å²) in [6.07, 6.45) is 0. The third-order valence-corrected chi connectivity index (χ3v) is 3.38. The van der Waals surface area contributed by atoms with E-state index in [0.29, 0.717) is 16.5 Å². The zero-order valence-corrected chi connectivity index (χ0v) is 12.3. The maximum atomic E-state index is 12.6. The summed E-state index contributed by atoms with van der Waals surface area (Å²) in [6.45, 7) is 2.05. The van der Waals surface area contributed by atoms with Crippen LogP contribution in [-0.4, -0.2) is 11.7 Å². The molecule has 1 N–H and O–H groups in total. The molecule has 6 nitrogen and oxygen atoms in total. The highest BCUT2D eigenvalue weighted by Crippen LogP contribution is 2.36. The fourth-order valence-corrected chi connectivity index (χ4v) is 2.33. The average molecular weight is 311 g/mol. The number of nitroso groups, excluding NO2 is 1. The lowest BCUT2D eigenvalue weighted by Crippen LogP contribution is -2.09. The first-order chi connectivity index (χ1) is 11.2. The SMILES string of the molecule is CCOc1c(-c2ccc(N=O)c(O)c2)oc2ccccc2c1=O. The molecule has 0 amide bonds. The fourth-order valence-electron chi connectivity index (χ4n) is 2.33. The van der Waals surface area contributed by atoms with Gasteiger partial charge >= 0.3 is 0 Å². The first kappa shape index (κ1) is 14.8. The molecule has 0 saturated heterocycles. The second kappa shape index (κ2) is 5.92. The summed E-state index contributed by atoms with van der Waals surface area (Å²) in [5.41, 5.74) is 0.449. The van der Waals surface area contributed by atoms with Crippen LogP contribution in [0.15, 0.2) is 56.9 Å². The van der Waals surface area contributed by atoms with Crippen LogP contribution in [0.5, 0.6) is 11.5 Å². The standard InChI is InChI=1S/C17H13NO5/c1-2-22-17-15(20)11-5-3-4-6-14(11)23-16(17)10-7-8-12(18-21)13(19)9-10/h3-9,19H,2H2,1H3. The topological polar surface area (TPSA) is 89.1 Å². The van der Waals surface area contributed by atoms with E-state index in [9.17, 15) is 14.8 Å². The Morgan fingerprint density at radius 2 is 2.00 bits per heavy atom. The van der Waals surface area contributed by atoms with E-state index in [4.69, 9.17) is 9.15 Å². The second-order valence-electron chi connectivity index (χ2n) is 4.81. The third-order valence-electron chi connectivity index (χ3n) is 3.38. The van der Waals surface area contributed by atoms with Gasteiger partial charge in [0.05, 0.1) is 12.0 Å². The molecule has 1 aromatic heterocycles. The van der Waals surface area contributed by atoms with Gasteiger partial charge < -0.3 is 14.3 Å². The Hall–Kier alpha value is -3.15. The number of aromatic hydroxyl groups is 1. The highest BCUT2D eigenvalue weighted by atomic mass is 16.5. The Morgan fingerprint density at radius 1 is 1.22 bits per heavy atom. The van der Waals surface area contributed by atoms with E-state index in [0.717, 1.165) is 0 Å². The Kier molecular flexibility index (Phi) is 3.80. The van der Waals surface area contributed by atoms with E-state index in [2.05, 4.69) is 5.18 Å². The van der Waals surface area contributed by atoms with Gasteiger partial charge in [0.2, 0.25) is 11.2 Å². The predicted octanol–water partition coefficient (Wildman–Crippen LogP) is 3.96. The van der Waals surface area contributed by atoms with Crippen LogP contribution >= 0.6 is 0 Å². The minimum Gasteiger partial charge on any atom is -0.506 e. The molecule has 6 heteroatoms. The van der Waals surface area contributed by atoms with Crippen molar-refractivity contribution in [3.8, 4) is 22.8 Å². The number of benzene rings is 2. The number of rotatable bonds is 4. The maximum absolute atomic E-state index is 12.6. The van der Waals surface area contributed by atoms with E-state index in [1.165, 1.54) is 18.2 Å². The van der Waals surface area contributed by atoms with Crippen LogP contribution in [-0.2, 0) is 0 Å². The molecule has 116 valence electrons. The molecule has 2 aromatic carbocycles. The molecule has 0 fully saturated rings. The normalized spacial score (nSPS) is 10.7.